The molecule has 146 valence electrons. The molecule has 0 saturated carbocycles. The number of carbonyl (C=O) groups is 1. The second-order valence-electron chi connectivity index (χ2n) is 7.63. The molecule has 2 aliphatic heterocycles. The van der Waals surface area contributed by atoms with Crippen molar-refractivity contribution in [3.63, 3.8) is 0 Å². The lowest BCUT2D eigenvalue weighted by atomic mass is 9.82. The predicted molar refractivity (Wildman–Crippen MR) is 106 cm³/mol. The first-order valence-electron chi connectivity index (χ1n) is 9.52. The van der Waals surface area contributed by atoms with Gasteiger partial charge in [-0.15, -0.1) is 0 Å². The van der Waals surface area contributed by atoms with Crippen LogP contribution < -0.4 is 10.5 Å². The summed E-state index contributed by atoms with van der Waals surface area (Å²) < 4.78 is 6.21. The van der Waals surface area contributed by atoms with Crippen molar-refractivity contribution in [1.82, 2.24) is 4.90 Å². The number of nitrogen functional groups attached to an aromatic ring is 1. The number of ketones is 1. The minimum absolute atomic E-state index is 0.0221. The largest absolute Gasteiger partial charge is 0.486 e. The second-order valence-corrected chi connectivity index (χ2v) is 7.63. The Morgan fingerprint density at radius 3 is 2.57 bits per heavy atom. The molecule has 0 atom stereocenters. The zero-order chi connectivity index (χ0) is 19.7. The standard InChI is InChI=1S/C21H23N3O4/c22-17-13-20-16(12-18(17)24(26)27)19(25)14-21(28-20)7-10-23(11-8-21)9-6-15-4-2-1-3-5-15/h1-5,12-13H,6-11,14,22H2. The Bertz CT molecular complexity index is 905. The Labute approximate surface area is 163 Å². The highest BCUT2D eigenvalue weighted by Crippen LogP contribution is 2.42. The fraction of sp³-hybridized carbons (Fsp3) is 0.381. The van der Waals surface area contributed by atoms with E-state index in [0.717, 1.165) is 38.9 Å². The van der Waals surface area contributed by atoms with Gasteiger partial charge < -0.3 is 15.4 Å². The molecule has 2 N–H and O–H groups in total. The quantitative estimate of drug-likeness (QED) is 0.496. The highest BCUT2D eigenvalue weighted by molar-refractivity contribution is 6.01. The fourth-order valence-corrected chi connectivity index (χ4v) is 4.10. The molecule has 0 amide bonds. The van der Waals surface area contributed by atoms with Crippen LogP contribution >= 0.6 is 0 Å². The number of Topliss-reactive ketones (excluding diaryl/α,β-unsaturated/α-hetero) is 1. The molecule has 2 aliphatic rings. The Hall–Kier alpha value is -2.93. The lowest BCUT2D eigenvalue weighted by molar-refractivity contribution is -0.384. The SMILES string of the molecule is Nc1cc2c(cc1[N+](=O)[O-])C(=O)CC1(CCN(CCc3ccccc3)CC1)O2. The zero-order valence-corrected chi connectivity index (χ0v) is 15.6. The molecule has 0 aliphatic carbocycles. The van der Waals surface area contributed by atoms with Crippen LogP contribution in [0.1, 0.15) is 35.2 Å². The van der Waals surface area contributed by atoms with Crippen molar-refractivity contribution in [2.45, 2.75) is 31.3 Å². The summed E-state index contributed by atoms with van der Waals surface area (Å²) in [6.45, 7) is 2.69. The molecule has 28 heavy (non-hydrogen) atoms. The Morgan fingerprint density at radius 2 is 1.89 bits per heavy atom. The third kappa shape index (κ3) is 3.57. The Balaban J connectivity index is 1.43. The Morgan fingerprint density at radius 1 is 1.18 bits per heavy atom. The van der Waals surface area contributed by atoms with E-state index >= 15 is 0 Å². The zero-order valence-electron chi connectivity index (χ0n) is 15.6. The van der Waals surface area contributed by atoms with Crippen molar-refractivity contribution >= 4 is 17.2 Å². The lowest BCUT2D eigenvalue weighted by Crippen LogP contribution is -2.51. The molecule has 7 heteroatoms. The molecular weight excluding hydrogens is 358 g/mol. The number of ether oxygens (including phenoxy) is 1. The van der Waals surface area contributed by atoms with E-state index in [1.165, 1.54) is 17.7 Å². The molecule has 1 fully saturated rings. The topological polar surface area (TPSA) is 98.7 Å². The number of hydrogen-bond acceptors (Lipinski definition) is 6. The van der Waals surface area contributed by atoms with Gasteiger partial charge >= 0.3 is 0 Å². The van der Waals surface area contributed by atoms with E-state index in [2.05, 4.69) is 29.2 Å². The van der Waals surface area contributed by atoms with Gasteiger partial charge in [0.05, 0.1) is 16.9 Å². The molecule has 2 heterocycles. The first-order valence-corrected chi connectivity index (χ1v) is 9.52. The van der Waals surface area contributed by atoms with Crippen LogP contribution in [0.3, 0.4) is 0 Å². The fourth-order valence-electron chi connectivity index (χ4n) is 4.10. The van der Waals surface area contributed by atoms with E-state index in [9.17, 15) is 14.9 Å². The summed E-state index contributed by atoms with van der Waals surface area (Å²) >= 11 is 0. The summed E-state index contributed by atoms with van der Waals surface area (Å²) in [6.07, 6.45) is 2.76. The molecule has 0 unspecified atom stereocenters. The van der Waals surface area contributed by atoms with Crippen LogP contribution in [0, 0.1) is 10.1 Å². The molecular formula is C21H23N3O4. The van der Waals surface area contributed by atoms with Crippen molar-refractivity contribution in [2.75, 3.05) is 25.4 Å². The molecule has 0 aromatic heterocycles. The van der Waals surface area contributed by atoms with Crippen molar-refractivity contribution in [3.8, 4) is 5.75 Å². The van der Waals surface area contributed by atoms with E-state index in [1.54, 1.807) is 0 Å². The number of likely N-dealkylation sites (tertiary alicyclic amines) is 1. The molecule has 1 spiro atoms. The van der Waals surface area contributed by atoms with Crippen LogP contribution in [0.4, 0.5) is 11.4 Å². The van der Waals surface area contributed by atoms with E-state index < -0.39 is 10.5 Å². The van der Waals surface area contributed by atoms with Crippen molar-refractivity contribution in [1.29, 1.82) is 0 Å². The van der Waals surface area contributed by atoms with Gasteiger partial charge in [0.1, 0.15) is 17.0 Å². The van der Waals surface area contributed by atoms with Gasteiger partial charge in [-0.1, -0.05) is 30.3 Å². The number of benzene rings is 2. The van der Waals surface area contributed by atoms with Crippen LogP contribution in [-0.2, 0) is 6.42 Å². The Kier molecular flexibility index (Phi) is 4.77. The highest BCUT2D eigenvalue weighted by Gasteiger charge is 2.43. The van der Waals surface area contributed by atoms with Gasteiger partial charge in [-0.3, -0.25) is 14.9 Å². The van der Waals surface area contributed by atoms with Crippen LogP contribution in [0.15, 0.2) is 42.5 Å². The molecule has 4 rings (SSSR count). The van der Waals surface area contributed by atoms with Gasteiger partial charge in [-0.2, -0.15) is 0 Å². The van der Waals surface area contributed by atoms with Crippen LogP contribution in [0.2, 0.25) is 0 Å². The van der Waals surface area contributed by atoms with Gasteiger partial charge in [0.2, 0.25) is 0 Å². The van der Waals surface area contributed by atoms with Crippen molar-refractivity contribution in [2.24, 2.45) is 0 Å². The minimum atomic E-state index is -0.571. The third-order valence-corrected chi connectivity index (χ3v) is 5.76. The minimum Gasteiger partial charge on any atom is -0.486 e. The number of hydrogen-bond donors (Lipinski definition) is 1. The number of nitro groups is 1. The maximum absolute atomic E-state index is 12.7. The monoisotopic (exact) mass is 381 g/mol. The number of nitro benzene ring substituents is 1. The van der Waals surface area contributed by atoms with Crippen molar-refractivity contribution in [3.05, 3.63) is 63.7 Å². The van der Waals surface area contributed by atoms with Gasteiger partial charge in [-0.25, -0.2) is 0 Å². The average molecular weight is 381 g/mol. The predicted octanol–water partition coefficient (Wildman–Crippen LogP) is 3.22. The first-order chi connectivity index (χ1) is 13.5. The average Bonchev–Trinajstić information content (AvgIpc) is 2.67. The first kappa shape index (κ1) is 18.4. The van der Waals surface area contributed by atoms with Gasteiger partial charge in [0.15, 0.2) is 5.78 Å². The maximum Gasteiger partial charge on any atom is 0.293 e. The summed E-state index contributed by atoms with van der Waals surface area (Å²) in [4.78, 5) is 25.6. The normalized spacial score (nSPS) is 18.5. The second kappa shape index (κ2) is 7.24. The molecule has 1 saturated heterocycles. The molecule has 7 nitrogen and oxygen atoms in total. The number of rotatable bonds is 4. The lowest BCUT2D eigenvalue weighted by Gasteiger charge is -2.44. The molecule has 2 aromatic rings. The maximum atomic E-state index is 12.7. The molecule has 0 radical (unpaired) electrons. The van der Waals surface area contributed by atoms with Crippen LogP contribution in [-0.4, -0.2) is 40.8 Å². The van der Waals surface area contributed by atoms with E-state index in [4.69, 9.17) is 10.5 Å². The number of fused-ring (bicyclic) bond motifs is 1. The number of carbonyl (C=O) groups excluding carboxylic acids is 1. The van der Waals surface area contributed by atoms with E-state index in [-0.39, 0.29) is 29.1 Å². The van der Waals surface area contributed by atoms with E-state index in [0.29, 0.717) is 5.75 Å². The number of piperidine rings is 1. The number of anilines is 1. The summed E-state index contributed by atoms with van der Waals surface area (Å²) in [7, 11) is 0. The number of nitrogens with two attached hydrogens (primary N) is 1. The number of nitrogens with zero attached hydrogens (tertiary/aromatic N) is 2. The van der Waals surface area contributed by atoms with Crippen molar-refractivity contribution < 1.29 is 14.5 Å². The summed E-state index contributed by atoms with van der Waals surface area (Å²) in [5.74, 6) is 0.263. The molecule has 0 bridgehead atoms. The summed E-state index contributed by atoms with van der Waals surface area (Å²) in [6, 6.07) is 13.1. The highest BCUT2D eigenvalue weighted by atomic mass is 16.6. The smallest absolute Gasteiger partial charge is 0.293 e. The van der Waals surface area contributed by atoms with Gasteiger partial charge in [-0.05, 0) is 12.0 Å². The van der Waals surface area contributed by atoms with Gasteiger partial charge in [0, 0.05) is 44.6 Å². The summed E-state index contributed by atoms with van der Waals surface area (Å²) in [5, 5.41) is 11.1. The summed E-state index contributed by atoms with van der Waals surface area (Å²) in [5.41, 5.74) is 6.61. The third-order valence-electron chi connectivity index (χ3n) is 5.76. The van der Waals surface area contributed by atoms with Gasteiger partial charge in [0.25, 0.3) is 5.69 Å². The van der Waals surface area contributed by atoms with E-state index in [1.807, 2.05) is 6.07 Å². The van der Waals surface area contributed by atoms with Crippen LogP contribution in [0.5, 0.6) is 5.75 Å². The molecule has 2 aromatic carbocycles. The van der Waals surface area contributed by atoms with Crippen LogP contribution in [0.25, 0.3) is 0 Å².